The van der Waals surface area contributed by atoms with Gasteiger partial charge in [-0.3, -0.25) is 4.79 Å². The molecule has 166 valence electrons. The summed E-state index contributed by atoms with van der Waals surface area (Å²) in [5, 5.41) is 12.5. The molecule has 0 aliphatic heterocycles. The van der Waals surface area contributed by atoms with Gasteiger partial charge in [-0.2, -0.15) is 13.2 Å². The number of hydrogen-bond donors (Lipinski definition) is 2. The summed E-state index contributed by atoms with van der Waals surface area (Å²) in [4.78, 5) is 15.8. The first-order valence-electron chi connectivity index (χ1n) is 9.12. The van der Waals surface area contributed by atoms with Gasteiger partial charge < -0.3 is 24.1 Å². The number of aromatic nitrogens is 2. The molecule has 1 aromatic carbocycles. The number of nitrogens with one attached hydrogen (secondary N) is 1. The van der Waals surface area contributed by atoms with Gasteiger partial charge in [-0.05, 0) is 36.4 Å². The van der Waals surface area contributed by atoms with Crippen LogP contribution in [0.4, 0.5) is 17.6 Å². The molecule has 3 aromatic rings. The van der Waals surface area contributed by atoms with Crippen molar-refractivity contribution in [3.8, 4) is 5.75 Å². The molecule has 2 N–H and O–H groups in total. The van der Waals surface area contributed by atoms with Gasteiger partial charge in [-0.1, -0.05) is 0 Å². The number of amides is 1. The van der Waals surface area contributed by atoms with Crippen LogP contribution in [0.2, 0.25) is 0 Å². The molecule has 0 spiro atoms. The fourth-order valence-corrected chi connectivity index (χ4v) is 2.85. The van der Waals surface area contributed by atoms with E-state index in [2.05, 4.69) is 10.3 Å². The van der Waals surface area contributed by atoms with E-state index < -0.39 is 42.3 Å². The normalized spacial score (nSPS) is 13.6. The lowest BCUT2D eigenvalue weighted by Gasteiger charge is -2.29. The molecule has 0 saturated heterocycles. The largest absolute Gasteiger partial charge is 0.486 e. The predicted octanol–water partition coefficient (Wildman–Crippen LogP) is 3.30. The maximum absolute atomic E-state index is 13.5. The van der Waals surface area contributed by atoms with Gasteiger partial charge in [-0.15, -0.1) is 0 Å². The lowest BCUT2D eigenvalue weighted by atomic mass is 9.97. The van der Waals surface area contributed by atoms with Crippen LogP contribution in [0.15, 0.2) is 53.2 Å². The molecule has 0 fully saturated rings. The summed E-state index contributed by atoms with van der Waals surface area (Å²) in [6, 6.07) is 8.11. The Morgan fingerprint density at radius 2 is 1.94 bits per heavy atom. The summed E-state index contributed by atoms with van der Waals surface area (Å²) >= 11 is 0. The van der Waals surface area contributed by atoms with Crippen molar-refractivity contribution in [1.29, 1.82) is 0 Å². The van der Waals surface area contributed by atoms with Gasteiger partial charge in [0, 0.05) is 32.4 Å². The van der Waals surface area contributed by atoms with Gasteiger partial charge in [-0.25, -0.2) is 9.37 Å². The third-order valence-electron chi connectivity index (χ3n) is 4.51. The minimum atomic E-state index is -4.99. The van der Waals surface area contributed by atoms with Gasteiger partial charge in [0.2, 0.25) is 5.60 Å². The lowest BCUT2D eigenvalue weighted by Crippen LogP contribution is -2.46. The number of nitrogens with zero attached hydrogens (tertiary/aromatic N) is 2. The number of halogens is 4. The molecule has 1 amide bonds. The summed E-state index contributed by atoms with van der Waals surface area (Å²) in [6.07, 6.45) is -3.41. The fourth-order valence-electron chi connectivity index (χ4n) is 2.85. The number of furan rings is 1. The molecule has 1 atom stereocenters. The molecule has 1 unspecified atom stereocenters. The summed E-state index contributed by atoms with van der Waals surface area (Å²) in [5.41, 5.74) is -3.23. The molecular formula is C20H19F4N3O4. The quantitative estimate of drug-likeness (QED) is 0.524. The minimum Gasteiger partial charge on any atom is -0.486 e. The van der Waals surface area contributed by atoms with E-state index in [1.54, 1.807) is 0 Å². The molecule has 3 rings (SSSR count). The van der Waals surface area contributed by atoms with Crippen LogP contribution in [-0.4, -0.2) is 33.3 Å². The van der Waals surface area contributed by atoms with Gasteiger partial charge in [0.25, 0.3) is 5.91 Å². The van der Waals surface area contributed by atoms with Crippen LogP contribution in [0.1, 0.15) is 28.6 Å². The number of imidazole rings is 1. The number of alkyl halides is 3. The van der Waals surface area contributed by atoms with Crippen molar-refractivity contribution in [3.63, 3.8) is 0 Å². The highest BCUT2D eigenvalue weighted by Gasteiger charge is 2.57. The van der Waals surface area contributed by atoms with Crippen LogP contribution in [0, 0.1) is 5.82 Å². The average molecular weight is 441 g/mol. The first-order chi connectivity index (χ1) is 14.6. The Morgan fingerprint density at radius 3 is 2.55 bits per heavy atom. The van der Waals surface area contributed by atoms with Crippen LogP contribution in [0.25, 0.3) is 0 Å². The van der Waals surface area contributed by atoms with Crippen LogP contribution in [0.5, 0.6) is 5.75 Å². The Kier molecular flexibility index (Phi) is 6.34. The fraction of sp³-hybridized carbons (Fsp3) is 0.300. The van der Waals surface area contributed by atoms with Gasteiger partial charge in [0.15, 0.2) is 5.76 Å². The van der Waals surface area contributed by atoms with Crippen LogP contribution in [0.3, 0.4) is 0 Å². The van der Waals surface area contributed by atoms with Crippen molar-refractivity contribution in [2.45, 2.75) is 24.8 Å². The van der Waals surface area contributed by atoms with E-state index in [4.69, 9.17) is 9.15 Å². The second-order valence-corrected chi connectivity index (χ2v) is 6.73. The Morgan fingerprint density at radius 1 is 1.23 bits per heavy atom. The maximum Gasteiger partial charge on any atom is 0.424 e. The summed E-state index contributed by atoms with van der Waals surface area (Å²) in [6.45, 7) is -0.518. The highest BCUT2D eigenvalue weighted by atomic mass is 19.4. The zero-order valence-electron chi connectivity index (χ0n) is 16.3. The number of aliphatic hydroxyl groups is 1. The highest BCUT2D eigenvalue weighted by Crippen LogP contribution is 2.40. The molecule has 0 aliphatic rings. The summed E-state index contributed by atoms with van der Waals surface area (Å²) in [5.74, 6) is -1.20. The molecule has 0 radical (unpaired) electrons. The second-order valence-electron chi connectivity index (χ2n) is 6.73. The molecule has 2 heterocycles. The Hall–Kier alpha value is -3.34. The van der Waals surface area contributed by atoms with E-state index in [0.29, 0.717) is 5.75 Å². The number of rotatable bonds is 8. The molecule has 31 heavy (non-hydrogen) atoms. The molecule has 0 saturated carbocycles. The smallest absolute Gasteiger partial charge is 0.424 e. The average Bonchev–Trinajstić information content (AvgIpc) is 3.35. The van der Waals surface area contributed by atoms with E-state index >= 15 is 0 Å². The van der Waals surface area contributed by atoms with Crippen LogP contribution < -0.4 is 10.1 Å². The standard InChI is InChI=1S/C20H19F4N3O4/c1-27-11-10-26-18(27)19(29,20(22,23)24)8-9-25-17(28)16-7-6-15(31-16)12-30-14-4-2-13(21)3-5-14/h2-7,10-11,29H,8-9,12H2,1H3,(H,25,28). The number of benzene rings is 1. The SMILES string of the molecule is Cn1ccnc1C(O)(CCNC(=O)c1ccc(COc2ccc(F)cc2)o1)C(F)(F)F. The van der Waals surface area contributed by atoms with Crippen molar-refractivity contribution < 1.29 is 36.6 Å². The van der Waals surface area contributed by atoms with Crippen molar-refractivity contribution in [1.82, 2.24) is 14.9 Å². The van der Waals surface area contributed by atoms with E-state index in [9.17, 15) is 27.5 Å². The van der Waals surface area contributed by atoms with Gasteiger partial charge in [0.1, 0.15) is 29.8 Å². The number of aryl methyl sites for hydroxylation is 1. The predicted molar refractivity (Wildman–Crippen MR) is 99.6 cm³/mol. The number of ether oxygens (including phenoxy) is 1. The van der Waals surface area contributed by atoms with Crippen molar-refractivity contribution in [2.75, 3.05) is 6.54 Å². The van der Waals surface area contributed by atoms with E-state index in [1.807, 2.05) is 0 Å². The first-order valence-corrected chi connectivity index (χ1v) is 9.12. The molecule has 0 bridgehead atoms. The third kappa shape index (κ3) is 5.05. The molecule has 11 heteroatoms. The Labute approximate surface area is 174 Å². The third-order valence-corrected chi connectivity index (χ3v) is 4.51. The second kappa shape index (κ2) is 8.80. The molecule has 2 aromatic heterocycles. The Bertz CT molecular complexity index is 1030. The highest BCUT2D eigenvalue weighted by molar-refractivity contribution is 5.91. The molecule has 7 nitrogen and oxygen atoms in total. The number of hydrogen-bond acceptors (Lipinski definition) is 5. The van der Waals surface area contributed by atoms with E-state index in [1.165, 1.54) is 49.6 Å². The van der Waals surface area contributed by atoms with Gasteiger partial charge in [0.05, 0.1) is 0 Å². The first kappa shape index (κ1) is 22.3. The van der Waals surface area contributed by atoms with Crippen molar-refractivity contribution in [2.24, 2.45) is 7.05 Å². The lowest BCUT2D eigenvalue weighted by molar-refractivity contribution is -0.272. The van der Waals surface area contributed by atoms with Crippen molar-refractivity contribution >= 4 is 5.91 Å². The zero-order valence-corrected chi connectivity index (χ0v) is 16.3. The van der Waals surface area contributed by atoms with Gasteiger partial charge >= 0.3 is 6.18 Å². The van der Waals surface area contributed by atoms with Crippen LogP contribution in [-0.2, 0) is 19.3 Å². The van der Waals surface area contributed by atoms with Crippen LogP contribution >= 0.6 is 0 Å². The number of carbonyl (C=O) groups excluding carboxylic acids is 1. The maximum atomic E-state index is 13.5. The zero-order chi connectivity index (χ0) is 22.6. The van der Waals surface area contributed by atoms with Crippen molar-refractivity contribution in [3.05, 3.63) is 72.0 Å². The number of carbonyl (C=O) groups is 1. The summed E-state index contributed by atoms with van der Waals surface area (Å²) < 4.78 is 65.1. The summed E-state index contributed by atoms with van der Waals surface area (Å²) in [7, 11) is 1.33. The monoisotopic (exact) mass is 441 g/mol. The van der Waals surface area contributed by atoms with E-state index in [-0.39, 0.29) is 18.1 Å². The molecular weight excluding hydrogens is 422 g/mol. The molecule has 0 aliphatic carbocycles. The minimum absolute atomic E-state index is 0.0358. The Balaban J connectivity index is 1.57. The van der Waals surface area contributed by atoms with E-state index in [0.717, 1.165) is 10.8 Å². The topological polar surface area (TPSA) is 89.5 Å².